The van der Waals surface area contributed by atoms with Gasteiger partial charge in [-0.05, 0) is 6.42 Å². The van der Waals surface area contributed by atoms with Gasteiger partial charge in [0.15, 0.2) is 5.52 Å². The molecule has 2 heterocycles. The van der Waals surface area contributed by atoms with E-state index in [2.05, 4.69) is 9.97 Å². The second-order valence-electron chi connectivity index (χ2n) is 3.93. The molecule has 8 nitrogen and oxygen atoms in total. The lowest BCUT2D eigenvalue weighted by Gasteiger charge is -2.02. The number of carboxylic acids is 1. The first-order chi connectivity index (χ1) is 8.50. The Morgan fingerprint density at radius 1 is 1.50 bits per heavy atom. The second-order valence-corrected chi connectivity index (χ2v) is 3.93. The van der Waals surface area contributed by atoms with Gasteiger partial charge in [-0.25, -0.2) is 9.78 Å². The molecule has 0 aliphatic carbocycles. The zero-order chi connectivity index (χ0) is 13.3. The summed E-state index contributed by atoms with van der Waals surface area (Å²) in [6, 6.07) is 0. The zero-order valence-corrected chi connectivity index (χ0v) is 9.71. The van der Waals surface area contributed by atoms with E-state index in [-0.39, 0.29) is 11.9 Å². The first kappa shape index (κ1) is 12.1. The number of fused-ring (bicyclic) bond motifs is 1. The fourth-order valence-corrected chi connectivity index (χ4v) is 1.68. The Balaban J connectivity index is 2.39. The van der Waals surface area contributed by atoms with Crippen LogP contribution in [0.3, 0.4) is 0 Å². The standard InChI is InChI=1S/C10H12N4O4/c1-13-9(17)7-8(12-10(13)18)14(5-11-7)4-2-3-6(15)16/h5H,2-4H2,1H3,(H,12,18)(H,15,16). The molecule has 0 aliphatic rings. The third-order valence-electron chi connectivity index (χ3n) is 2.66. The van der Waals surface area contributed by atoms with Crippen LogP contribution in [0.15, 0.2) is 15.9 Å². The topological polar surface area (TPSA) is 110 Å². The van der Waals surface area contributed by atoms with Crippen molar-refractivity contribution in [1.82, 2.24) is 19.1 Å². The average Bonchev–Trinajstić information content (AvgIpc) is 2.69. The predicted octanol–water partition coefficient (Wildman–Crippen LogP) is -0.712. The minimum absolute atomic E-state index is 0.0226. The highest BCUT2D eigenvalue weighted by Gasteiger charge is 2.10. The van der Waals surface area contributed by atoms with Crippen LogP contribution in [0.25, 0.3) is 11.2 Å². The van der Waals surface area contributed by atoms with E-state index in [4.69, 9.17) is 5.11 Å². The Kier molecular flexibility index (Phi) is 3.00. The van der Waals surface area contributed by atoms with Gasteiger partial charge in [-0.2, -0.15) is 0 Å². The Morgan fingerprint density at radius 2 is 2.22 bits per heavy atom. The number of rotatable bonds is 4. The van der Waals surface area contributed by atoms with Crippen LogP contribution in [0.2, 0.25) is 0 Å². The smallest absolute Gasteiger partial charge is 0.329 e. The molecule has 0 bridgehead atoms. The third kappa shape index (κ3) is 2.04. The van der Waals surface area contributed by atoms with Crippen molar-refractivity contribution < 1.29 is 9.90 Å². The second kappa shape index (κ2) is 4.47. The van der Waals surface area contributed by atoms with Gasteiger partial charge in [-0.15, -0.1) is 0 Å². The van der Waals surface area contributed by atoms with Crippen LogP contribution in [0.1, 0.15) is 12.8 Å². The summed E-state index contributed by atoms with van der Waals surface area (Å²) in [4.78, 5) is 40.1. The van der Waals surface area contributed by atoms with E-state index >= 15 is 0 Å². The van der Waals surface area contributed by atoms with Crippen LogP contribution in [0.5, 0.6) is 0 Å². The number of carboxylic acid groups (broad SMARTS) is 1. The normalized spacial score (nSPS) is 10.9. The van der Waals surface area contributed by atoms with Gasteiger partial charge in [-0.1, -0.05) is 0 Å². The molecule has 0 unspecified atom stereocenters. The fraction of sp³-hybridized carbons (Fsp3) is 0.400. The molecule has 0 fully saturated rings. The molecule has 8 heteroatoms. The van der Waals surface area contributed by atoms with Gasteiger partial charge in [-0.3, -0.25) is 19.1 Å². The number of aromatic nitrogens is 4. The van der Waals surface area contributed by atoms with Gasteiger partial charge in [0.05, 0.1) is 6.33 Å². The number of aliphatic carboxylic acids is 1. The minimum Gasteiger partial charge on any atom is -0.481 e. The lowest BCUT2D eigenvalue weighted by molar-refractivity contribution is -0.137. The summed E-state index contributed by atoms with van der Waals surface area (Å²) in [6.45, 7) is 0.381. The highest BCUT2D eigenvalue weighted by atomic mass is 16.4. The van der Waals surface area contributed by atoms with Crippen molar-refractivity contribution in [1.29, 1.82) is 0 Å². The third-order valence-corrected chi connectivity index (χ3v) is 2.66. The number of nitrogens with zero attached hydrogens (tertiary/aromatic N) is 3. The lowest BCUT2D eigenvalue weighted by atomic mass is 10.3. The van der Waals surface area contributed by atoms with Gasteiger partial charge in [0.25, 0.3) is 5.56 Å². The van der Waals surface area contributed by atoms with E-state index in [1.165, 1.54) is 13.4 Å². The quantitative estimate of drug-likeness (QED) is 0.746. The lowest BCUT2D eigenvalue weighted by Crippen LogP contribution is -2.32. The Bertz CT molecular complexity index is 709. The van der Waals surface area contributed by atoms with Gasteiger partial charge in [0.1, 0.15) is 5.65 Å². The largest absolute Gasteiger partial charge is 0.481 e. The summed E-state index contributed by atoms with van der Waals surface area (Å²) < 4.78 is 2.51. The number of hydrogen-bond donors (Lipinski definition) is 2. The molecule has 0 atom stereocenters. The van der Waals surface area contributed by atoms with E-state index in [0.29, 0.717) is 18.6 Å². The average molecular weight is 252 g/mol. The van der Waals surface area contributed by atoms with Crippen LogP contribution in [-0.2, 0) is 18.4 Å². The number of hydrogen-bond acceptors (Lipinski definition) is 4. The Labute approximate surface area is 101 Å². The molecule has 0 radical (unpaired) electrons. The molecule has 2 rings (SSSR count). The molecule has 0 amide bonds. The van der Waals surface area contributed by atoms with Gasteiger partial charge < -0.3 is 9.67 Å². The van der Waals surface area contributed by atoms with Gasteiger partial charge in [0.2, 0.25) is 0 Å². The molecule has 2 N–H and O–H groups in total. The van der Waals surface area contributed by atoms with Crippen molar-refractivity contribution >= 4 is 17.1 Å². The number of aromatic amines is 1. The van der Waals surface area contributed by atoms with E-state index in [1.54, 1.807) is 4.57 Å². The molecule has 0 aromatic carbocycles. The van der Waals surface area contributed by atoms with Crippen molar-refractivity contribution in [2.45, 2.75) is 19.4 Å². The monoisotopic (exact) mass is 252 g/mol. The first-order valence-electron chi connectivity index (χ1n) is 5.36. The van der Waals surface area contributed by atoms with E-state index < -0.39 is 17.2 Å². The van der Waals surface area contributed by atoms with E-state index in [9.17, 15) is 14.4 Å². The van der Waals surface area contributed by atoms with E-state index in [0.717, 1.165) is 4.57 Å². The minimum atomic E-state index is -0.885. The maximum absolute atomic E-state index is 11.7. The SMILES string of the molecule is Cn1c(=O)[nH]c2c(ncn2CCCC(=O)O)c1=O. The van der Waals surface area contributed by atoms with Crippen LogP contribution in [0, 0.1) is 0 Å². The Morgan fingerprint density at radius 3 is 2.89 bits per heavy atom. The number of nitrogens with one attached hydrogen (secondary N) is 1. The molecule has 18 heavy (non-hydrogen) atoms. The summed E-state index contributed by atoms with van der Waals surface area (Å²) in [7, 11) is 1.37. The van der Waals surface area contributed by atoms with Crippen LogP contribution in [0.4, 0.5) is 0 Å². The number of aryl methyl sites for hydroxylation is 1. The molecule has 0 saturated carbocycles. The molecular formula is C10H12N4O4. The van der Waals surface area contributed by atoms with Crippen molar-refractivity contribution in [2.75, 3.05) is 0 Å². The maximum atomic E-state index is 11.7. The van der Waals surface area contributed by atoms with Crippen molar-refractivity contribution in [3.8, 4) is 0 Å². The number of carbonyl (C=O) groups is 1. The van der Waals surface area contributed by atoms with E-state index in [1.807, 2.05) is 0 Å². The summed E-state index contributed by atoms with van der Waals surface area (Å²) in [5, 5.41) is 8.54. The predicted molar refractivity (Wildman–Crippen MR) is 62.5 cm³/mol. The van der Waals surface area contributed by atoms with Crippen LogP contribution < -0.4 is 11.2 Å². The summed E-state index contributed by atoms with van der Waals surface area (Å²) in [5.41, 5.74) is -0.487. The van der Waals surface area contributed by atoms with Crippen LogP contribution >= 0.6 is 0 Å². The molecule has 2 aromatic rings. The summed E-state index contributed by atoms with van der Waals surface area (Å²) in [5.74, 6) is -0.885. The Hall–Kier alpha value is -2.38. The maximum Gasteiger partial charge on any atom is 0.329 e. The molecule has 0 saturated heterocycles. The molecule has 96 valence electrons. The van der Waals surface area contributed by atoms with Crippen molar-refractivity contribution in [2.24, 2.45) is 7.05 Å². The zero-order valence-electron chi connectivity index (χ0n) is 9.71. The van der Waals surface area contributed by atoms with Crippen molar-refractivity contribution in [3.05, 3.63) is 27.2 Å². The number of H-pyrrole nitrogens is 1. The molecular weight excluding hydrogens is 240 g/mol. The molecule has 0 spiro atoms. The highest BCUT2D eigenvalue weighted by molar-refractivity contribution is 5.69. The summed E-state index contributed by atoms with van der Waals surface area (Å²) >= 11 is 0. The number of imidazole rings is 1. The van der Waals surface area contributed by atoms with Crippen LogP contribution in [-0.4, -0.2) is 30.2 Å². The van der Waals surface area contributed by atoms with Crippen molar-refractivity contribution in [3.63, 3.8) is 0 Å². The first-order valence-corrected chi connectivity index (χ1v) is 5.36. The molecule has 0 aliphatic heterocycles. The fourth-order valence-electron chi connectivity index (χ4n) is 1.68. The van der Waals surface area contributed by atoms with Gasteiger partial charge in [0, 0.05) is 20.0 Å². The highest BCUT2D eigenvalue weighted by Crippen LogP contribution is 2.05. The van der Waals surface area contributed by atoms with Gasteiger partial charge >= 0.3 is 11.7 Å². The summed E-state index contributed by atoms with van der Waals surface area (Å²) in [6.07, 6.45) is 1.84. The molecule has 2 aromatic heterocycles.